The molecule has 1 unspecified atom stereocenters. The van der Waals surface area contributed by atoms with E-state index in [-0.39, 0.29) is 0 Å². The lowest BCUT2D eigenvalue weighted by molar-refractivity contribution is 0.292. The van der Waals surface area contributed by atoms with E-state index >= 15 is 0 Å². The van der Waals surface area contributed by atoms with Crippen LogP contribution in [0.15, 0.2) is 16.6 Å². The summed E-state index contributed by atoms with van der Waals surface area (Å²) in [5.74, 6) is 1.58. The van der Waals surface area contributed by atoms with Gasteiger partial charge in [0.05, 0.1) is 18.2 Å². The molecule has 0 spiro atoms. The van der Waals surface area contributed by atoms with Gasteiger partial charge in [0.1, 0.15) is 0 Å². The topological polar surface area (TPSA) is 30.5 Å². The first-order chi connectivity index (χ1) is 10.1. The van der Waals surface area contributed by atoms with E-state index in [1.807, 2.05) is 0 Å². The molecule has 1 rings (SSSR count). The predicted molar refractivity (Wildman–Crippen MR) is 92.3 cm³/mol. The van der Waals surface area contributed by atoms with Gasteiger partial charge < -0.3 is 14.8 Å². The molecule has 4 heteroatoms. The average Bonchev–Trinajstić information content (AvgIpc) is 2.49. The molecule has 3 nitrogen and oxygen atoms in total. The second-order valence-electron chi connectivity index (χ2n) is 5.38. The number of halogens is 1. The first-order valence-corrected chi connectivity index (χ1v) is 8.64. The summed E-state index contributed by atoms with van der Waals surface area (Å²) in [5.41, 5.74) is 1.20. The molecule has 1 atom stereocenters. The summed E-state index contributed by atoms with van der Waals surface area (Å²) in [6.45, 7) is 8.09. The minimum atomic E-state index is 0.533. The number of hydrogen-bond donors (Lipinski definition) is 1. The van der Waals surface area contributed by atoms with Crippen LogP contribution in [0.25, 0.3) is 0 Å². The van der Waals surface area contributed by atoms with Gasteiger partial charge in [0, 0.05) is 12.6 Å². The molecule has 1 N–H and O–H groups in total. The summed E-state index contributed by atoms with van der Waals surface area (Å²) in [5, 5.41) is 3.56. The van der Waals surface area contributed by atoms with Gasteiger partial charge >= 0.3 is 0 Å². The molecule has 0 amide bonds. The van der Waals surface area contributed by atoms with Gasteiger partial charge in [-0.05, 0) is 53.4 Å². The van der Waals surface area contributed by atoms with E-state index in [2.05, 4.69) is 54.2 Å². The molecular formula is C17H28BrNO2. The van der Waals surface area contributed by atoms with E-state index in [1.54, 1.807) is 7.11 Å². The van der Waals surface area contributed by atoms with Crippen molar-refractivity contribution >= 4 is 15.9 Å². The van der Waals surface area contributed by atoms with Gasteiger partial charge in [-0.1, -0.05) is 26.7 Å². The molecule has 120 valence electrons. The Hall–Kier alpha value is -0.740. The van der Waals surface area contributed by atoms with E-state index in [4.69, 9.17) is 9.47 Å². The normalized spacial score (nSPS) is 12.2. The van der Waals surface area contributed by atoms with E-state index in [0.29, 0.717) is 12.6 Å². The number of unbranched alkanes of at least 4 members (excludes halogenated alkanes) is 1. The highest BCUT2D eigenvalue weighted by Gasteiger charge is 2.12. The van der Waals surface area contributed by atoms with Crippen molar-refractivity contribution in [3.05, 3.63) is 22.2 Å². The standard InChI is InChI=1S/C17H28BrNO2/c1-5-7-8-13(3)19-12-14-10-15(18)17(21-9-6-2)16(11-14)20-4/h10-11,13,19H,5-9,12H2,1-4H3. The molecule has 0 aliphatic carbocycles. The maximum atomic E-state index is 5.75. The molecule has 1 aromatic carbocycles. The zero-order valence-electron chi connectivity index (χ0n) is 13.7. The minimum Gasteiger partial charge on any atom is -0.493 e. The number of hydrogen-bond acceptors (Lipinski definition) is 3. The number of ether oxygens (including phenoxy) is 2. The molecule has 1 aromatic rings. The van der Waals surface area contributed by atoms with Crippen molar-refractivity contribution in [1.29, 1.82) is 0 Å². The van der Waals surface area contributed by atoms with Gasteiger partial charge in [-0.15, -0.1) is 0 Å². The summed E-state index contributed by atoms with van der Waals surface area (Å²) in [6, 6.07) is 4.69. The summed E-state index contributed by atoms with van der Waals surface area (Å²) in [6.07, 6.45) is 4.71. The number of methoxy groups -OCH3 is 1. The van der Waals surface area contributed by atoms with Crippen LogP contribution >= 0.6 is 15.9 Å². The lowest BCUT2D eigenvalue weighted by Gasteiger charge is -2.16. The van der Waals surface area contributed by atoms with Gasteiger partial charge in [-0.2, -0.15) is 0 Å². The van der Waals surface area contributed by atoms with Gasteiger partial charge in [0.25, 0.3) is 0 Å². The molecule has 0 aromatic heterocycles. The van der Waals surface area contributed by atoms with Crippen molar-refractivity contribution in [2.75, 3.05) is 13.7 Å². The Kier molecular flexibility index (Phi) is 8.77. The molecule has 0 heterocycles. The van der Waals surface area contributed by atoms with Crippen molar-refractivity contribution in [1.82, 2.24) is 5.32 Å². The molecule has 0 bridgehead atoms. The minimum absolute atomic E-state index is 0.533. The summed E-state index contributed by atoms with van der Waals surface area (Å²) in [7, 11) is 1.68. The van der Waals surface area contributed by atoms with Crippen LogP contribution in [0.3, 0.4) is 0 Å². The van der Waals surface area contributed by atoms with E-state index in [0.717, 1.165) is 28.9 Å². The van der Waals surface area contributed by atoms with Crippen molar-refractivity contribution < 1.29 is 9.47 Å². The smallest absolute Gasteiger partial charge is 0.175 e. The second-order valence-corrected chi connectivity index (χ2v) is 6.24. The molecule has 0 saturated carbocycles. The molecule has 0 aliphatic heterocycles. The van der Waals surface area contributed by atoms with Crippen LogP contribution < -0.4 is 14.8 Å². The molecule has 0 aliphatic rings. The lowest BCUT2D eigenvalue weighted by Crippen LogP contribution is -2.25. The van der Waals surface area contributed by atoms with E-state index in [1.165, 1.54) is 24.8 Å². The lowest BCUT2D eigenvalue weighted by atomic mass is 10.1. The Morgan fingerprint density at radius 3 is 2.62 bits per heavy atom. The Morgan fingerprint density at radius 2 is 2.00 bits per heavy atom. The molecular weight excluding hydrogens is 330 g/mol. The highest BCUT2D eigenvalue weighted by Crippen LogP contribution is 2.36. The fourth-order valence-electron chi connectivity index (χ4n) is 2.12. The van der Waals surface area contributed by atoms with Crippen LogP contribution in [0, 0.1) is 0 Å². The highest BCUT2D eigenvalue weighted by atomic mass is 79.9. The van der Waals surface area contributed by atoms with Crippen molar-refractivity contribution in [3.8, 4) is 11.5 Å². The molecule has 0 fully saturated rings. The van der Waals surface area contributed by atoms with Crippen molar-refractivity contribution in [2.24, 2.45) is 0 Å². The summed E-state index contributed by atoms with van der Waals surface area (Å²) in [4.78, 5) is 0. The SMILES string of the molecule is CCCCC(C)NCc1cc(Br)c(OCCC)c(OC)c1. The molecule has 0 saturated heterocycles. The first-order valence-electron chi connectivity index (χ1n) is 7.84. The van der Waals surface area contributed by atoms with Crippen LogP contribution in [0.2, 0.25) is 0 Å². The Balaban J connectivity index is 2.69. The van der Waals surface area contributed by atoms with Gasteiger partial charge in [0.15, 0.2) is 11.5 Å². The van der Waals surface area contributed by atoms with Crippen LogP contribution in [0.1, 0.15) is 52.0 Å². The zero-order valence-corrected chi connectivity index (χ0v) is 15.3. The fourth-order valence-corrected chi connectivity index (χ4v) is 2.73. The fraction of sp³-hybridized carbons (Fsp3) is 0.647. The Labute approximate surface area is 137 Å². The maximum Gasteiger partial charge on any atom is 0.175 e. The first kappa shape index (κ1) is 18.3. The number of benzene rings is 1. The molecule has 21 heavy (non-hydrogen) atoms. The average molecular weight is 358 g/mol. The Morgan fingerprint density at radius 1 is 1.24 bits per heavy atom. The summed E-state index contributed by atoms with van der Waals surface area (Å²) < 4.78 is 12.2. The van der Waals surface area contributed by atoms with Crippen LogP contribution in [0.4, 0.5) is 0 Å². The largest absolute Gasteiger partial charge is 0.493 e. The van der Waals surface area contributed by atoms with Crippen molar-refractivity contribution in [3.63, 3.8) is 0 Å². The van der Waals surface area contributed by atoms with Crippen LogP contribution in [0.5, 0.6) is 11.5 Å². The Bertz CT molecular complexity index is 423. The van der Waals surface area contributed by atoms with Crippen LogP contribution in [-0.4, -0.2) is 19.8 Å². The number of nitrogens with one attached hydrogen (secondary N) is 1. The summed E-state index contributed by atoms with van der Waals surface area (Å²) >= 11 is 3.59. The third kappa shape index (κ3) is 6.27. The number of rotatable bonds is 10. The quantitative estimate of drug-likeness (QED) is 0.644. The predicted octanol–water partition coefficient (Wildman–Crippen LogP) is 4.91. The van der Waals surface area contributed by atoms with Gasteiger partial charge in [0.2, 0.25) is 0 Å². The second kappa shape index (κ2) is 10.1. The molecule has 0 radical (unpaired) electrons. The third-order valence-corrected chi connectivity index (χ3v) is 3.97. The monoisotopic (exact) mass is 357 g/mol. The van der Waals surface area contributed by atoms with Crippen molar-refractivity contribution in [2.45, 2.75) is 59.0 Å². The van der Waals surface area contributed by atoms with Crippen LogP contribution in [-0.2, 0) is 6.54 Å². The van der Waals surface area contributed by atoms with Gasteiger partial charge in [-0.3, -0.25) is 0 Å². The van der Waals surface area contributed by atoms with E-state index in [9.17, 15) is 0 Å². The van der Waals surface area contributed by atoms with Gasteiger partial charge in [-0.25, -0.2) is 0 Å². The third-order valence-electron chi connectivity index (χ3n) is 3.39. The zero-order chi connectivity index (χ0) is 15.7. The van der Waals surface area contributed by atoms with E-state index < -0.39 is 0 Å². The maximum absolute atomic E-state index is 5.75. The highest BCUT2D eigenvalue weighted by molar-refractivity contribution is 9.10.